The molecule has 0 amide bonds. The second kappa shape index (κ2) is 8.00. The highest BCUT2D eigenvalue weighted by atomic mass is 32.2. The molecule has 8 heteroatoms. The van der Waals surface area contributed by atoms with Crippen LogP contribution in [0.2, 0.25) is 0 Å². The van der Waals surface area contributed by atoms with E-state index in [4.69, 9.17) is 5.14 Å². The maximum Gasteiger partial charge on any atom is 0.261 e. The number of rotatable bonds is 6. The fourth-order valence-corrected chi connectivity index (χ4v) is 5.19. The molecule has 0 atom stereocenters. The van der Waals surface area contributed by atoms with Gasteiger partial charge in [-0.1, -0.05) is 43.5 Å². The minimum Gasteiger partial charge on any atom is -0.280 e. The first-order chi connectivity index (χ1) is 12.7. The number of nitrogens with one attached hydrogen (secondary N) is 1. The highest BCUT2D eigenvalue weighted by molar-refractivity contribution is 7.92. The number of primary sulfonamides is 1. The molecular formula is C19H24N2O4S2. The van der Waals surface area contributed by atoms with Crippen molar-refractivity contribution in [3.63, 3.8) is 0 Å². The van der Waals surface area contributed by atoms with Gasteiger partial charge in [-0.2, -0.15) is 0 Å². The van der Waals surface area contributed by atoms with E-state index in [-0.39, 0.29) is 10.6 Å². The molecule has 6 nitrogen and oxygen atoms in total. The molecule has 0 saturated heterocycles. The summed E-state index contributed by atoms with van der Waals surface area (Å²) in [5.74, 6) is 0.234. The van der Waals surface area contributed by atoms with Crippen molar-refractivity contribution in [3.8, 4) is 0 Å². The minimum atomic E-state index is -3.70. The Morgan fingerprint density at radius 1 is 0.852 bits per heavy atom. The van der Waals surface area contributed by atoms with Gasteiger partial charge in [0.25, 0.3) is 10.0 Å². The molecule has 1 aliphatic carbocycles. The van der Waals surface area contributed by atoms with E-state index in [0.717, 1.165) is 12.8 Å². The maximum absolute atomic E-state index is 12.6. The third-order valence-electron chi connectivity index (χ3n) is 4.84. The zero-order chi connectivity index (χ0) is 19.5. The molecule has 1 saturated carbocycles. The fourth-order valence-electron chi connectivity index (χ4n) is 3.47. The van der Waals surface area contributed by atoms with E-state index in [0.29, 0.717) is 17.2 Å². The van der Waals surface area contributed by atoms with Crippen LogP contribution in [0.5, 0.6) is 0 Å². The van der Waals surface area contributed by atoms with Gasteiger partial charge in [0.1, 0.15) is 0 Å². The largest absolute Gasteiger partial charge is 0.280 e. The van der Waals surface area contributed by atoms with Crippen molar-refractivity contribution in [1.29, 1.82) is 0 Å². The second-order valence-corrected chi connectivity index (χ2v) is 10.3. The predicted molar refractivity (Wildman–Crippen MR) is 106 cm³/mol. The summed E-state index contributed by atoms with van der Waals surface area (Å²) >= 11 is 0. The quantitative estimate of drug-likeness (QED) is 0.764. The van der Waals surface area contributed by atoms with Crippen LogP contribution >= 0.6 is 0 Å². The van der Waals surface area contributed by atoms with Crippen LogP contribution in [0, 0.1) is 0 Å². The minimum absolute atomic E-state index is 0.204. The molecule has 2 aromatic rings. The zero-order valence-electron chi connectivity index (χ0n) is 15.0. The first-order valence-electron chi connectivity index (χ1n) is 8.95. The SMILES string of the molecule is NS(=O)(=O)Cc1ccc(NS(=O)(=O)c2ccc(C3CCCCC3)cc2)cc1. The van der Waals surface area contributed by atoms with Crippen molar-refractivity contribution in [1.82, 2.24) is 0 Å². The molecular weight excluding hydrogens is 384 g/mol. The van der Waals surface area contributed by atoms with Crippen molar-refractivity contribution >= 4 is 25.7 Å². The molecule has 3 N–H and O–H groups in total. The topological polar surface area (TPSA) is 106 Å². The molecule has 0 aromatic heterocycles. The molecule has 27 heavy (non-hydrogen) atoms. The summed E-state index contributed by atoms with van der Waals surface area (Å²) < 4.78 is 49.9. The Morgan fingerprint density at radius 3 is 2.00 bits per heavy atom. The number of hydrogen-bond donors (Lipinski definition) is 2. The van der Waals surface area contributed by atoms with E-state index in [1.54, 1.807) is 12.1 Å². The molecule has 0 unspecified atom stereocenters. The normalized spacial score (nSPS) is 16.2. The van der Waals surface area contributed by atoms with E-state index in [9.17, 15) is 16.8 Å². The van der Waals surface area contributed by atoms with Gasteiger partial charge in [-0.05, 0) is 54.2 Å². The Balaban J connectivity index is 1.70. The number of anilines is 1. The molecule has 1 fully saturated rings. The molecule has 0 radical (unpaired) electrons. The molecule has 0 aliphatic heterocycles. The summed E-state index contributed by atoms with van der Waals surface area (Å²) in [6.07, 6.45) is 6.06. The van der Waals surface area contributed by atoms with Gasteiger partial charge >= 0.3 is 0 Å². The Hall–Kier alpha value is -1.90. The van der Waals surface area contributed by atoms with Crippen LogP contribution in [0.25, 0.3) is 0 Å². The van der Waals surface area contributed by atoms with Gasteiger partial charge in [-0.3, -0.25) is 4.72 Å². The Kier molecular flexibility index (Phi) is 5.88. The molecule has 1 aliphatic rings. The first-order valence-corrected chi connectivity index (χ1v) is 12.1. The first kappa shape index (κ1) is 19.9. The highest BCUT2D eigenvalue weighted by Crippen LogP contribution is 2.33. The van der Waals surface area contributed by atoms with Gasteiger partial charge in [-0.15, -0.1) is 0 Å². The summed E-state index contributed by atoms with van der Waals surface area (Å²) in [5.41, 5.74) is 2.06. The number of hydrogen-bond acceptors (Lipinski definition) is 4. The van der Waals surface area contributed by atoms with Gasteiger partial charge in [0.15, 0.2) is 0 Å². The van der Waals surface area contributed by atoms with Crippen LogP contribution in [0.4, 0.5) is 5.69 Å². The standard InChI is InChI=1S/C19H24N2O4S2/c20-26(22,23)14-15-6-10-18(11-7-15)21-27(24,25)19-12-8-17(9-13-19)16-4-2-1-3-5-16/h6-13,16,21H,1-5,14H2,(H2,20,22,23). The molecule has 0 bridgehead atoms. The monoisotopic (exact) mass is 408 g/mol. The van der Waals surface area contributed by atoms with Crippen LogP contribution in [0.1, 0.15) is 49.1 Å². The van der Waals surface area contributed by atoms with E-state index in [2.05, 4.69) is 4.72 Å². The van der Waals surface area contributed by atoms with Gasteiger partial charge in [-0.25, -0.2) is 22.0 Å². The van der Waals surface area contributed by atoms with Crippen LogP contribution in [-0.4, -0.2) is 16.8 Å². The van der Waals surface area contributed by atoms with Crippen LogP contribution in [0.3, 0.4) is 0 Å². The maximum atomic E-state index is 12.6. The fraction of sp³-hybridized carbons (Fsp3) is 0.368. The van der Waals surface area contributed by atoms with Crippen LogP contribution in [0.15, 0.2) is 53.4 Å². The second-order valence-electron chi connectivity index (χ2n) is 7.01. The van der Waals surface area contributed by atoms with Crippen molar-refractivity contribution in [2.45, 2.75) is 48.7 Å². The highest BCUT2D eigenvalue weighted by Gasteiger charge is 2.18. The smallest absolute Gasteiger partial charge is 0.261 e. The van der Waals surface area contributed by atoms with E-state index in [1.807, 2.05) is 12.1 Å². The van der Waals surface area contributed by atoms with E-state index in [1.165, 1.54) is 49.1 Å². The third kappa shape index (κ3) is 5.54. The van der Waals surface area contributed by atoms with Crippen molar-refractivity contribution < 1.29 is 16.8 Å². The summed E-state index contributed by atoms with van der Waals surface area (Å²) in [6.45, 7) is 0. The van der Waals surface area contributed by atoms with Gasteiger partial charge in [0.05, 0.1) is 10.6 Å². The van der Waals surface area contributed by atoms with E-state index < -0.39 is 20.0 Å². The predicted octanol–water partition coefficient (Wildman–Crippen LogP) is 3.32. The Bertz CT molecular complexity index is 977. The lowest BCUT2D eigenvalue weighted by Gasteiger charge is -2.22. The van der Waals surface area contributed by atoms with Crippen LogP contribution in [-0.2, 0) is 25.8 Å². The summed E-state index contributed by atoms with van der Waals surface area (Å²) in [6, 6.07) is 13.2. The molecule has 0 heterocycles. The van der Waals surface area contributed by atoms with Gasteiger partial charge < -0.3 is 0 Å². The lowest BCUT2D eigenvalue weighted by Crippen LogP contribution is -2.15. The lowest BCUT2D eigenvalue weighted by molar-refractivity contribution is 0.443. The number of sulfonamides is 2. The Morgan fingerprint density at radius 2 is 1.44 bits per heavy atom. The molecule has 2 aromatic carbocycles. The summed E-state index contributed by atoms with van der Waals surface area (Å²) in [7, 11) is -7.32. The van der Waals surface area contributed by atoms with Gasteiger partial charge in [0, 0.05) is 5.69 Å². The Labute approximate surface area is 160 Å². The van der Waals surface area contributed by atoms with Crippen molar-refractivity contribution in [3.05, 3.63) is 59.7 Å². The number of benzene rings is 2. The lowest BCUT2D eigenvalue weighted by atomic mass is 9.84. The summed E-state index contributed by atoms with van der Waals surface area (Å²) in [4.78, 5) is 0.204. The number of nitrogens with two attached hydrogens (primary N) is 1. The van der Waals surface area contributed by atoms with Crippen LogP contribution < -0.4 is 9.86 Å². The van der Waals surface area contributed by atoms with Gasteiger partial charge in [0.2, 0.25) is 10.0 Å². The average Bonchev–Trinajstić information content (AvgIpc) is 2.63. The van der Waals surface area contributed by atoms with Crippen molar-refractivity contribution in [2.24, 2.45) is 5.14 Å². The van der Waals surface area contributed by atoms with Crippen molar-refractivity contribution in [2.75, 3.05) is 4.72 Å². The summed E-state index contributed by atoms with van der Waals surface area (Å²) in [5, 5.41) is 5.01. The zero-order valence-corrected chi connectivity index (χ0v) is 16.6. The van der Waals surface area contributed by atoms with E-state index >= 15 is 0 Å². The average molecular weight is 409 g/mol. The third-order valence-corrected chi connectivity index (χ3v) is 6.97. The molecule has 0 spiro atoms. The molecule has 146 valence electrons. The molecule has 3 rings (SSSR count).